The Hall–Kier alpha value is -2.89. The van der Waals surface area contributed by atoms with Crippen molar-refractivity contribution in [2.45, 2.75) is 18.8 Å². The molecule has 1 saturated heterocycles. The van der Waals surface area contributed by atoms with Crippen LogP contribution in [0, 0.1) is 5.82 Å². The highest BCUT2D eigenvalue weighted by Crippen LogP contribution is 2.28. The van der Waals surface area contributed by atoms with Crippen LogP contribution in [0.4, 0.5) is 4.39 Å². The molecule has 5 nitrogen and oxygen atoms in total. The first-order valence-electron chi connectivity index (χ1n) is 8.72. The van der Waals surface area contributed by atoms with Crippen LogP contribution in [0.15, 0.2) is 42.5 Å². The quantitative estimate of drug-likeness (QED) is 0.780. The molecule has 2 aromatic carbocycles. The predicted octanol–water partition coefficient (Wildman–Crippen LogP) is 3.73. The number of rotatable bonds is 3. The highest BCUT2D eigenvalue weighted by molar-refractivity contribution is 5.94. The summed E-state index contributed by atoms with van der Waals surface area (Å²) in [5.41, 5.74) is 2.17. The van der Waals surface area contributed by atoms with E-state index in [4.69, 9.17) is 4.74 Å². The van der Waals surface area contributed by atoms with Gasteiger partial charge in [0.05, 0.1) is 18.1 Å². The van der Waals surface area contributed by atoms with Crippen molar-refractivity contribution >= 4 is 16.9 Å². The zero-order valence-electron chi connectivity index (χ0n) is 14.5. The number of amides is 1. The molecule has 4 rings (SSSR count). The number of piperidine rings is 1. The maximum absolute atomic E-state index is 13.3. The van der Waals surface area contributed by atoms with Gasteiger partial charge >= 0.3 is 0 Å². The van der Waals surface area contributed by atoms with E-state index in [1.54, 1.807) is 37.4 Å². The van der Waals surface area contributed by atoms with Gasteiger partial charge < -0.3 is 14.6 Å². The molecule has 26 heavy (non-hydrogen) atoms. The largest absolute Gasteiger partial charge is 0.497 e. The fraction of sp³-hybridized carbons (Fsp3) is 0.300. The Morgan fingerprint density at radius 3 is 2.62 bits per heavy atom. The van der Waals surface area contributed by atoms with Crippen LogP contribution in [0.1, 0.15) is 34.9 Å². The number of nitrogens with one attached hydrogen (secondary N) is 1. The van der Waals surface area contributed by atoms with Crippen LogP contribution >= 0.6 is 0 Å². The average Bonchev–Trinajstić information content (AvgIpc) is 3.11. The van der Waals surface area contributed by atoms with E-state index in [0.29, 0.717) is 18.7 Å². The van der Waals surface area contributed by atoms with Gasteiger partial charge in [0.2, 0.25) is 0 Å². The van der Waals surface area contributed by atoms with Gasteiger partial charge in [-0.3, -0.25) is 4.79 Å². The number of likely N-dealkylation sites (tertiary alicyclic amines) is 1. The van der Waals surface area contributed by atoms with Gasteiger partial charge in [0, 0.05) is 24.6 Å². The first-order chi connectivity index (χ1) is 12.6. The number of methoxy groups -OCH3 is 1. The number of fused-ring (bicyclic) bond motifs is 1. The molecule has 3 aromatic rings. The number of H-pyrrole nitrogens is 1. The van der Waals surface area contributed by atoms with Crippen molar-refractivity contribution in [2.24, 2.45) is 0 Å². The summed E-state index contributed by atoms with van der Waals surface area (Å²) < 4.78 is 18.5. The van der Waals surface area contributed by atoms with E-state index in [9.17, 15) is 9.18 Å². The van der Waals surface area contributed by atoms with Gasteiger partial charge in [-0.25, -0.2) is 9.37 Å². The van der Waals surface area contributed by atoms with E-state index in [0.717, 1.165) is 35.4 Å². The lowest BCUT2D eigenvalue weighted by atomic mass is 9.95. The van der Waals surface area contributed by atoms with Crippen LogP contribution in [0.25, 0.3) is 11.0 Å². The Morgan fingerprint density at radius 1 is 1.19 bits per heavy atom. The first-order valence-corrected chi connectivity index (χ1v) is 8.72. The standard InChI is InChI=1S/C20H20FN3O2/c1-26-16-5-2-14(3-6-16)20(25)24-10-8-13(9-11-24)19-22-17-7-4-15(21)12-18(17)23-19/h2-7,12-13H,8-11H2,1H3,(H,22,23). The number of nitrogens with zero attached hydrogens (tertiary/aromatic N) is 2. The highest BCUT2D eigenvalue weighted by Gasteiger charge is 2.26. The number of imidazole rings is 1. The summed E-state index contributed by atoms with van der Waals surface area (Å²) in [4.78, 5) is 22.3. The molecule has 1 amide bonds. The van der Waals surface area contributed by atoms with Crippen molar-refractivity contribution in [3.8, 4) is 5.75 Å². The molecular formula is C20H20FN3O2. The lowest BCUT2D eigenvalue weighted by Crippen LogP contribution is -2.38. The molecule has 1 N–H and O–H groups in total. The number of hydrogen-bond donors (Lipinski definition) is 1. The number of ether oxygens (including phenoxy) is 1. The number of hydrogen-bond acceptors (Lipinski definition) is 3. The van der Waals surface area contributed by atoms with Crippen molar-refractivity contribution in [2.75, 3.05) is 20.2 Å². The van der Waals surface area contributed by atoms with Gasteiger partial charge in [0.25, 0.3) is 5.91 Å². The van der Waals surface area contributed by atoms with Gasteiger partial charge in [-0.15, -0.1) is 0 Å². The first kappa shape index (κ1) is 16.6. The molecule has 0 bridgehead atoms. The molecule has 0 saturated carbocycles. The summed E-state index contributed by atoms with van der Waals surface area (Å²) in [6.07, 6.45) is 1.67. The maximum Gasteiger partial charge on any atom is 0.253 e. The average molecular weight is 353 g/mol. The number of carbonyl (C=O) groups is 1. The number of aromatic amines is 1. The predicted molar refractivity (Wildman–Crippen MR) is 96.9 cm³/mol. The van der Waals surface area contributed by atoms with E-state index < -0.39 is 0 Å². The van der Waals surface area contributed by atoms with Crippen LogP contribution in [-0.4, -0.2) is 41.0 Å². The summed E-state index contributed by atoms with van der Waals surface area (Å²) in [5.74, 6) is 1.64. The Kier molecular flexibility index (Phi) is 4.32. The van der Waals surface area contributed by atoms with E-state index in [1.165, 1.54) is 12.1 Å². The fourth-order valence-electron chi connectivity index (χ4n) is 3.47. The van der Waals surface area contributed by atoms with Gasteiger partial charge in [0.15, 0.2) is 0 Å². The summed E-state index contributed by atoms with van der Waals surface area (Å²) in [6, 6.07) is 11.8. The lowest BCUT2D eigenvalue weighted by Gasteiger charge is -2.31. The van der Waals surface area contributed by atoms with Gasteiger partial charge in [-0.05, 0) is 55.3 Å². The Balaban J connectivity index is 1.43. The van der Waals surface area contributed by atoms with Crippen LogP contribution in [0.3, 0.4) is 0 Å². The summed E-state index contributed by atoms with van der Waals surface area (Å²) in [7, 11) is 1.61. The van der Waals surface area contributed by atoms with Crippen molar-refractivity contribution < 1.29 is 13.9 Å². The molecule has 1 aliphatic heterocycles. The Labute approximate surface area is 150 Å². The number of carbonyl (C=O) groups excluding carboxylic acids is 1. The van der Waals surface area contributed by atoms with E-state index in [1.807, 2.05) is 4.90 Å². The van der Waals surface area contributed by atoms with Crippen molar-refractivity contribution in [3.05, 3.63) is 59.7 Å². The molecule has 2 heterocycles. The number of benzene rings is 2. The Morgan fingerprint density at radius 2 is 1.92 bits per heavy atom. The van der Waals surface area contributed by atoms with Crippen LogP contribution in [0.2, 0.25) is 0 Å². The maximum atomic E-state index is 13.3. The van der Waals surface area contributed by atoms with E-state index >= 15 is 0 Å². The molecule has 0 unspecified atom stereocenters. The van der Waals surface area contributed by atoms with Crippen molar-refractivity contribution in [3.63, 3.8) is 0 Å². The molecule has 0 atom stereocenters. The molecule has 1 aromatic heterocycles. The lowest BCUT2D eigenvalue weighted by molar-refractivity contribution is 0.0711. The minimum absolute atomic E-state index is 0.0396. The summed E-state index contributed by atoms with van der Waals surface area (Å²) in [5, 5.41) is 0. The zero-order valence-corrected chi connectivity index (χ0v) is 14.5. The van der Waals surface area contributed by atoms with Gasteiger partial charge in [-0.1, -0.05) is 0 Å². The molecule has 134 valence electrons. The molecule has 0 aliphatic carbocycles. The number of aromatic nitrogens is 2. The molecular weight excluding hydrogens is 333 g/mol. The second-order valence-corrected chi connectivity index (χ2v) is 6.58. The highest BCUT2D eigenvalue weighted by atomic mass is 19.1. The normalized spacial score (nSPS) is 15.4. The third kappa shape index (κ3) is 3.14. The molecule has 6 heteroatoms. The van der Waals surface area contributed by atoms with Crippen molar-refractivity contribution in [1.82, 2.24) is 14.9 Å². The summed E-state index contributed by atoms with van der Waals surface area (Å²) >= 11 is 0. The third-order valence-electron chi connectivity index (χ3n) is 4.97. The number of halogens is 1. The van der Waals surface area contributed by atoms with Crippen molar-refractivity contribution in [1.29, 1.82) is 0 Å². The van der Waals surface area contributed by atoms with E-state index in [-0.39, 0.29) is 17.6 Å². The smallest absolute Gasteiger partial charge is 0.253 e. The summed E-state index contributed by atoms with van der Waals surface area (Å²) in [6.45, 7) is 1.36. The Bertz CT molecular complexity index is 928. The fourth-order valence-corrected chi connectivity index (χ4v) is 3.47. The minimum Gasteiger partial charge on any atom is -0.497 e. The SMILES string of the molecule is COc1ccc(C(=O)N2CCC(c3nc4ccc(F)cc4[nH]3)CC2)cc1. The van der Waals surface area contributed by atoms with E-state index in [2.05, 4.69) is 9.97 Å². The molecule has 0 spiro atoms. The van der Waals surface area contributed by atoms with Gasteiger partial charge in [0.1, 0.15) is 17.4 Å². The molecule has 1 fully saturated rings. The van der Waals surface area contributed by atoms with Crippen LogP contribution in [0.5, 0.6) is 5.75 Å². The van der Waals surface area contributed by atoms with Gasteiger partial charge in [-0.2, -0.15) is 0 Å². The molecule has 1 aliphatic rings. The minimum atomic E-state index is -0.271. The topological polar surface area (TPSA) is 58.2 Å². The van der Waals surface area contributed by atoms with Crippen LogP contribution < -0.4 is 4.74 Å². The third-order valence-corrected chi connectivity index (χ3v) is 4.97. The zero-order chi connectivity index (χ0) is 18.1. The second kappa shape index (κ2) is 6.78. The second-order valence-electron chi connectivity index (χ2n) is 6.58. The monoisotopic (exact) mass is 353 g/mol. The van der Waals surface area contributed by atoms with Crippen LogP contribution in [-0.2, 0) is 0 Å². The molecule has 0 radical (unpaired) electrons.